The van der Waals surface area contributed by atoms with Crippen molar-refractivity contribution < 1.29 is 4.79 Å². The predicted molar refractivity (Wildman–Crippen MR) is 87.5 cm³/mol. The zero-order valence-electron chi connectivity index (χ0n) is 13.3. The van der Waals surface area contributed by atoms with E-state index in [1.807, 2.05) is 14.0 Å². The number of nitrogens with zero attached hydrogens (tertiary/aromatic N) is 2. The van der Waals surface area contributed by atoms with Crippen LogP contribution < -0.4 is 10.2 Å². The number of piperidine rings is 1. The number of anilines is 1. The van der Waals surface area contributed by atoms with E-state index in [0.717, 1.165) is 13.1 Å². The van der Waals surface area contributed by atoms with Crippen molar-refractivity contribution in [1.29, 1.82) is 0 Å². The van der Waals surface area contributed by atoms with E-state index in [0.29, 0.717) is 6.54 Å². The molecule has 4 nitrogen and oxygen atoms in total. The second-order valence-corrected chi connectivity index (χ2v) is 5.73. The highest BCUT2D eigenvalue weighted by Crippen LogP contribution is 2.20. The molecular weight excluding hydrogens is 262 g/mol. The molecule has 0 aromatic heterocycles. The summed E-state index contributed by atoms with van der Waals surface area (Å²) in [5, 5.41) is 3.21. The Hall–Kier alpha value is -1.55. The smallest absolute Gasteiger partial charge is 0.236 e. The van der Waals surface area contributed by atoms with Crippen LogP contribution in [-0.2, 0) is 11.3 Å². The number of carbonyl (C=O) groups is 1. The second kappa shape index (κ2) is 8.03. The molecule has 1 fully saturated rings. The van der Waals surface area contributed by atoms with Gasteiger partial charge >= 0.3 is 0 Å². The van der Waals surface area contributed by atoms with Gasteiger partial charge in [-0.05, 0) is 43.9 Å². The van der Waals surface area contributed by atoms with Gasteiger partial charge in [0, 0.05) is 38.9 Å². The third-order valence-electron chi connectivity index (χ3n) is 4.16. The minimum atomic E-state index is 0.141. The van der Waals surface area contributed by atoms with Crippen LogP contribution in [0.5, 0.6) is 0 Å². The van der Waals surface area contributed by atoms with Gasteiger partial charge in [0.05, 0.1) is 6.54 Å². The first-order valence-electron chi connectivity index (χ1n) is 7.99. The highest BCUT2D eigenvalue weighted by molar-refractivity contribution is 5.77. The summed E-state index contributed by atoms with van der Waals surface area (Å²) in [5.41, 5.74) is 2.54. The lowest BCUT2D eigenvalue weighted by Crippen LogP contribution is -2.35. The first kappa shape index (κ1) is 15.8. The Labute approximate surface area is 128 Å². The van der Waals surface area contributed by atoms with Gasteiger partial charge in [0.15, 0.2) is 0 Å². The normalized spacial score (nSPS) is 15.0. The summed E-state index contributed by atoms with van der Waals surface area (Å²) in [6.45, 7) is 6.23. The van der Waals surface area contributed by atoms with Gasteiger partial charge in [-0.15, -0.1) is 0 Å². The summed E-state index contributed by atoms with van der Waals surface area (Å²) in [5.74, 6) is 0.141. The highest BCUT2D eigenvalue weighted by Gasteiger charge is 2.10. The molecule has 0 atom stereocenters. The van der Waals surface area contributed by atoms with Gasteiger partial charge in [0.1, 0.15) is 0 Å². The molecule has 2 rings (SSSR count). The maximum absolute atomic E-state index is 11.7. The number of likely N-dealkylation sites (N-methyl/N-ethyl adjacent to an activating group) is 1. The molecule has 4 heteroatoms. The summed E-state index contributed by atoms with van der Waals surface area (Å²) < 4.78 is 0. The van der Waals surface area contributed by atoms with Crippen LogP contribution in [0.4, 0.5) is 5.69 Å². The third kappa shape index (κ3) is 4.74. The number of hydrogen-bond acceptors (Lipinski definition) is 3. The Morgan fingerprint density at radius 3 is 2.48 bits per heavy atom. The number of hydrogen-bond donors (Lipinski definition) is 1. The van der Waals surface area contributed by atoms with E-state index in [1.54, 1.807) is 4.90 Å². The second-order valence-electron chi connectivity index (χ2n) is 5.73. The van der Waals surface area contributed by atoms with E-state index in [1.165, 1.54) is 43.6 Å². The van der Waals surface area contributed by atoms with Gasteiger partial charge in [-0.3, -0.25) is 4.79 Å². The fourth-order valence-corrected chi connectivity index (χ4v) is 2.60. The summed E-state index contributed by atoms with van der Waals surface area (Å²) >= 11 is 0. The predicted octanol–water partition coefficient (Wildman–Crippen LogP) is 2.24. The van der Waals surface area contributed by atoms with E-state index in [2.05, 4.69) is 34.5 Å². The van der Waals surface area contributed by atoms with Crippen LogP contribution in [0.25, 0.3) is 0 Å². The molecule has 116 valence electrons. The van der Waals surface area contributed by atoms with E-state index in [9.17, 15) is 4.79 Å². The lowest BCUT2D eigenvalue weighted by molar-refractivity contribution is -0.128. The Kier molecular flexibility index (Phi) is 6.05. The van der Waals surface area contributed by atoms with Crippen molar-refractivity contribution in [2.75, 3.05) is 38.1 Å². The number of rotatable bonds is 6. The lowest BCUT2D eigenvalue weighted by atomic mass is 10.1. The van der Waals surface area contributed by atoms with Crippen molar-refractivity contribution in [3.8, 4) is 0 Å². The van der Waals surface area contributed by atoms with Crippen molar-refractivity contribution in [1.82, 2.24) is 10.2 Å². The van der Waals surface area contributed by atoms with E-state index >= 15 is 0 Å². The topological polar surface area (TPSA) is 35.6 Å². The Bertz CT molecular complexity index is 438. The molecule has 1 heterocycles. The molecule has 0 saturated carbocycles. The molecular formula is C17H27N3O. The molecule has 1 saturated heterocycles. The van der Waals surface area contributed by atoms with Crippen molar-refractivity contribution in [2.24, 2.45) is 0 Å². The van der Waals surface area contributed by atoms with Gasteiger partial charge in [-0.1, -0.05) is 12.1 Å². The number of nitrogens with one attached hydrogen (secondary N) is 1. The quantitative estimate of drug-likeness (QED) is 0.872. The number of carbonyl (C=O) groups excluding carboxylic acids is 1. The van der Waals surface area contributed by atoms with Crippen LogP contribution in [0.15, 0.2) is 24.3 Å². The van der Waals surface area contributed by atoms with Crippen molar-refractivity contribution in [3.05, 3.63) is 29.8 Å². The molecule has 0 aliphatic carbocycles. The van der Waals surface area contributed by atoms with Gasteiger partial charge in [-0.25, -0.2) is 0 Å². The van der Waals surface area contributed by atoms with Crippen molar-refractivity contribution in [3.63, 3.8) is 0 Å². The van der Waals surface area contributed by atoms with Crippen molar-refractivity contribution >= 4 is 11.6 Å². The van der Waals surface area contributed by atoms with E-state index in [-0.39, 0.29) is 5.91 Å². The number of benzene rings is 1. The number of amides is 1. The minimum Gasteiger partial charge on any atom is -0.372 e. The zero-order valence-corrected chi connectivity index (χ0v) is 13.3. The first-order valence-corrected chi connectivity index (χ1v) is 7.99. The third-order valence-corrected chi connectivity index (χ3v) is 4.16. The largest absolute Gasteiger partial charge is 0.372 e. The van der Waals surface area contributed by atoms with Crippen LogP contribution in [0.3, 0.4) is 0 Å². The lowest BCUT2D eigenvalue weighted by Gasteiger charge is -2.28. The Morgan fingerprint density at radius 2 is 1.86 bits per heavy atom. The first-order chi connectivity index (χ1) is 10.2. The fourth-order valence-electron chi connectivity index (χ4n) is 2.60. The molecule has 1 amide bonds. The molecule has 1 aromatic rings. The molecule has 1 aliphatic heterocycles. The monoisotopic (exact) mass is 289 g/mol. The molecule has 0 unspecified atom stereocenters. The molecule has 21 heavy (non-hydrogen) atoms. The Balaban J connectivity index is 1.78. The van der Waals surface area contributed by atoms with Crippen molar-refractivity contribution in [2.45, 2.75) is 32.7 Å². The molecule has 1 aliphatic rings. The van der Waals surface area contributed by atoms with Gasteiger partial charge in [0.2, 0.25) is 5.91 Å². The summed E-state index contributed by atoms with van der Waals surface area (Å²) in [4.78, 5) is 15.9. The average molecular weight is 289 g/mol. The summed E-state index contributed by atoms with van der Waals surface area (Å²) in [7, 11) is 1.83. The zero-order chi connectivity index (χ0) is 15.1. The maximum Gasteiger partial charge on any atom is 0.236 e. The SMILES string of the molecule is CCN(C)C(=O)CNCc1ccc(N2CCCCC2)cc1. The van der Waals surface area contributed by atoms with Crippen LogP contribution >= 0.6 is 0 Å². The van der Waals surface area contributed by atoms with Gasteiger partial charge in [-0.2, -0.15) is 0 Å². The standard InChI is InChI=1S/C17H27N3O/c1-3-19(2)17(21)14-18-13-15-7-9-16(10-8-15)20-11-5-4-6-12-20/h7-10,18H,3-6,11-14H2,1-2H3. The van der Waals surface area contributed by atoms with Gasteiger partial charge in [0.25, 0.3) is 0 Å². The molecule has 0 bridgehead atoms. The van der Waals surface area contributed by atoms with Crippen LogP contribution in [0.1, 0.15) is 31.7 Å². The van der Waals surface area contributed by atoms with Gasteiger partial charge < -0.3 is 15.1 Å². The minimum absolute atomic E-state index is 0.141. The van der Waals surface area contributed by atoms with E-state index < -0.39 is 0 Å². The molecule has 0 radical (unpaired) electrons. The highest BCUT2D eigenvalue weighted by atomic mass is 16.2. The summed E-state index contributed by atoms with van der Waals surface area (Å²) in [6.07, 6.45) is 3.96. The van der Waals surface area contributed by atoms with Crippen LogP contribution in [0.2, 0.25) is 0 Å². The van der Waals surface area contributed by atoms with E-state index in [4.69, 9.17) is 0 Å². The van der Waals surface area contributed by atoms with Crippen LogP contribution in [-0.4, -0.2) is 44.0 Å². The maximum atomic E-state index is 11.7. The van der Waals surface area contributed by atoms with Crippen LogP contribution in [0, 0.1) is 0 Å². The molecule has 1 aromatic carbocycles. The Morgan fingerprint density at radius 1 is 1.19 bits per heavy atom. The summed E-state index contributed by atoms with van der Waals surface area (Å²) in [6, 6.07) is 8.71. The molecule has 1 N–H and O–H groups in total. The molecule has 0 spiro atoms. The fraction of sp³-hybridized carbons (Fsp3) is 0.588. The average Bonchev–Trinajstić information content (AvgIpc) is 2.55.